The molecule has 0 unspecified atom stereocenters. The smallest absolute Gasteiger partial charge is 0.243 e. The SMILES string of the molecule is Cc1ccc(S(=O)(=O)N2C[C@@H](N)[C@H](c3ccccc3)C2)cc1F.Cl. The summed E-state index contributed by atoms with van der Waals surface area (Å²) in [6.45, 7) is 2.14. The first kappa shape index (κ1) is 18.9. The van der Waals surface area contributed by atoms with E-state index in [0.29, 0.717) is 12.1 Å². The van der Waals surface area contributed by atoms with Gasteiger partial charge in [0.15, 0.2) is 0 Å². The monoisotopic (exact) mass is 370 g/mol. The molecule has 7 heteroatoms. The second-order valence-electron chi connectivity index (χ2n) is 5.91. The maximum absolute atomic E-state index is 13.7. The highest BCUT2D eigenvalue weighted by molar-refractivity contribution is 7.89. The number of aryl methyl sites for hydroxylation is 1. The van der Waals surface area contributed by atoms with E-state index >= 15 is 0 Å². The van der Waals surface area contributed by atoms with Crippen molar-refractivity contribution in [1.82, 2.24) is 4.31 Å². The zero-order valence-corrected chi connectivity index (χ0v) is 14.9. The van der Waals surface area contributed by atoms with Crippen LogP contribution < -0.4 is 5.73 Å². The minimum absolute atomic E-state index is 0. The van der Waals surface area contributed by atoms with E-state index in [0.717, 1.165) is 11.6 Å². The minimum Gasteiger partial charge on any atom is -0.326 e. The summed E-state index contributed by atoms with van der Waals surface area (Å²) < 4.78 is 40.5. The van der Waals surface area contributed by atoms with E-state index in [9.17, 15) is 12.8 Å². The molecule has 4 nitrogen and oxygen atoms in total. The van der Waals surface area contributed by atoms with E-state index in [-0.39, 0.29) is 35.8 Å². The van der Waals surface area contributed by atoms with Crippen molar-refractivity contribution in [2.45, 2.75) is 23.8 Å². The Morgan fingerprint density at radius 2 is 1.79 bits per heavy atom. The van der Waals surface area contributed by atoms with Gasteiger partial charge in [0.1, 0.15) is 5.82 Å². The lowest BCUT2D eigenvalue weighted by Crippen LogP contribution is -2.32. The van der Waals surface area contributed by atoms with E-state index in [4.69, 9.17) is 5.73 Å². The van der Waals surface area contributed by atoms with Crippen LogP contribution in [0.5, 0.6) is 0 Å². The van der Waals surface area contributed by atoms with Crippen LogP contribution in [0.15, 0.2) is 53.4 Å². The molecule has 0 amide bonds. The van der Waals surface area contributed by atoms with Crippen molar-refractivity contribution < 1.29 is 12.8 Å². The number of rotatable bonds is 3. The summed E-state index contributed by atoms with van der Waals surface area (Å²) in [7, 11) is -3.74. The highest BCUT2D eigenvalue weighted by Gasteiger charge is 2.38. The fourth-order valence-electron chi connectivity index (χ4n) is 2.92. The Hall–Kier alpha value is -1.47. The molecule has 1 fully saturated rings. The van der Waals surface area contributed by atoms with Gasteiger partial charge in [-0.05, 0) is 30.2 Å². The van der Waals surface area contributed by atoms with Crippen LogP contribution in [-0.4, -0.2) is 31.9 Å². The molecule has 2 aromatic rings. The Morgan fingerprint density at radius 3 is 2.42 bits per heavy atom. The van der Waals surface area contributed by atoms with Gasteiger partial charge in [-0.25, -0.2) is 12.8 Å². The van der Waals surface area contributed by atoms with Crippen molar-refractivity contribution in [3.05, 3.63) is 65.5 Å². The third-order valence-electron chi connectivity index (χ3n) is 4.34. The molecule has 0 spiro atoms. The van der Waals surface area contributed by atoms with Crippen molar-refractivity contribution in [2.75, 3.05) is 13.1 Å². The fraction of sp³-hybridized carbons (Fsp3) is 0.294. The van der Waals surface area contributed by atoms with Crippen molar-refractivity contribution >= 4 is 22.4 Å². The molecule has 3 rings (SSSR count). The Labute approximate surface area is 147 Å². The number of hydrogen-bond donors (Lipinski definition) is 1. The maximum atomic E-state index is 13.7. The predicted octanol–water partition coefficient (Wildman–Crippen LogP) is 2.67. The number of halogens is 2. The van der Waals surface area contributed by atoms with Gasteiger partial charge in [-0.1, -0.05) is 36.4 Å². The summed E-state index contributed by atoms with van der Waals surface area (Å²) >= 11 is 0. The summed E-state index contributed by atoms with van der Waals surface area (Å²) in [5, 5.41) is 0. The van der Waals surface area contributed by atoms with Gasteiger partial charge in [0.2, 0.25) is 10.0 Å². The quantitative estimate of drug-likeness (QED) is 0.903. The summed E-state index contributed by atoms with van der Waals surface area (Å²) in [5.74, 6) is -0.574. The molecule has 0 aliphatic carbocycles. The average molecular weight is 371 g/mol. The first-order valence-electron chi connectivity index (χ1n) is 7.46. The molecule has 1 saturated heterocycles. The van der Waals surface area contributed by atoms with Crippen molar-refractivity contribution in [3.8, 4) is 0 Å². The van der Waals surface area contributed by atoms with Gasteiger partial charge in [-0.3, -0.25) is 0 Å². The molecular formula is C17H20ClFN2O2S. The van der Waals surface area contributed by atoms with Crippen LogP contribution in [0.2, 0.25) is 0 Å². The minimum atomic E-state index is -3.74. The van der Waals surface area contributed by atoms with Crippen molar-refractivity contribution in [2.24, 2.45) is 5.73 Å². The molecule has 24 heavy (non-hydrogen) atoms. The summed E-state index contributed by atoms with van der Waals surface area (Å²) in [5.41, 5.74) is 7.59. The zero-order chi connectivity index (χ0) is 16.6. The summed E-state index contributed by atoms with van der Waals surface area (Å²) in [4.78, 5) is -0.0264. The Bertz CT molecular complexity index is 815. The van der Waals surface area contributed by atoms with Crippen LogP contribution in [-0.2, 0) is 10.0 Å². The molecule has 130 valence electrons. The first-order chi connectivity index (χ1) is 10.9. The molecule has 2 atom stereocenters. The van der Waals surface area contributed by atoms with E-state index in [1.165, 1.54) is 16.4 Å². The van der Waals surface area contributed by atoms with Crippen LogP contribution in [0.3, 0.4) is 0 Å². The van der Waals surface area contributed by atoms with Gasteiger partial charge in [0.05, 0.1) is 4.90 Å². The van der Waals surface area contributed by atoms with Crippen LogP contribution in [0.4, 0.5) is 4.39 Å². The van der Waals surface area contributed by atoms with Crippen molar-refractivity contribution in [3.63, 3.8) is 0 Å². The summed E-state index contributed by atoms with van der Waals surface area (Å²) in [6, 6.07) is 13.4. The largest absolute Gasteiger partial charge is 0.326 e. The molecule has 2 N–H and O–H groups in total. The number of nitrogens with zero attached hydrogens (tertiary/aromatic N) is 1. The predicted molar refractivity (Wildman–Crippen MR) is 94.3 cm³/mol. The van der Waals surface area contributed by atoms with E-state index in [1.54, 1.807) is 6.92 Å². The number of benzene rings is 2. The van der Waals surface area contributed by atoms with Crippen LogP contribution in [0.25, 0.3) is 0 Å². The lowest BCUT2D eigenvalue weighted by atomic mass is 9.95. The molecule has 0 aromatic heterocycles. The second kappa shape index (κ2) is 7.19. The molecule has 1 heterocycles. The van der Waals surface area contributed by atoms with Gasteiger partial charge >= 0.3 is 0 Å². The third-order valence-corrected chi connectivity index (χ3v) is 6.17. The van der Waals surface area contributed by atoms with Crippen LogP contribution in [0, 0.1) is 12.7 Å². The number of hydrogen-bond acceptors (Lipinski definition) is 3. The van der Waals surface area contributed by atoms with Crippen LogP contribution in [0.1, 0.15) is 17.0 Å². The molecule has 0 bridgehead atoms. The molecule has 1 aliphatic heterocycles. The fourth-order valence-corrected chi connectivity index (χ4v) is 4.44. The Morgan fingerprint density at radius 1 is 1.12 bits per heavy atom. The van der Waals surface area contributed by atoms with Gasteiger partial charge in [0.25, 0.3) is 0 Å². The second-order valence-corrected chi connectivity index (χ2v) is 7.85. The van der Waals surface area contributed by atoms with Gasteiger partial charge in [-0.2, -0.15) is 4.31 Å². The van der Waals surface area contributed by atoms with E-state index < -0.39 is 15.8 Å². The Balaban J connectivity index is 0.00000208. The number of sulfonamides is 1. The zero-order valence-electron chi connectivity index (χ0n) is 13.2. The molecule has 2 aromatic carbocycles. The normalized spacial score (nSPS) is 21.5. The highest BCUT2D eigenvalue weighted by atomic mass is 35.5. The third kappa shape index (κ3) is 3.47. The molecular weight excluding hydrogens is 351 g/mol. The van der Waals surface area contributed by atoms with E-state index in [2.05, 4.69) is 0 Å². The molecule has 0 radical (unpaired) electrons. The van der Waals surface area contributed by atoms with Gasteiger partial charge in [-0.15, -0.1) is 12.4 Å². The summed E-state index contributed by atoms with van der Waals surface area (Å²) in [6.07, 6.45) is 0. The van der Waals surface area contributed by atoms with Gasteiger partial charge < -0.3 is 5.73 Å². The van der Waals surface area contributed by atoms with Crippen molar-refractivity contribution in [1.29, 1.82) is 0 Å². The number of nitrogens with two attached hydrogens (primary N) is 1. The van der Waals surface area contributed by atoms with Gasteiger partial charge in [0, 0.05) is 25.0 Å². The molecule has 1 aliphatic rings. The maximum Gasteiger partial charge on any atom is 0.243 e. The standard InChI is InChI=1S/C17H19FN2O2S.ClH/c1-12-7-8-14(9-16(12)18)23(21,22)20-10-15(17(19)11-20)13-5-3-2-4-6-13;/h2-9,15,17H,10-11,19H2,1H3;1H/t15-,17+;/m0./s1. The molecule has 0 saturated carbocycles. The topological polar surface area (TPSA) is 63.4 Å². The first-order valence-corrected chi connectivity index (χ1v) is 8.90. The highest BCUT2D eigenvalue weighted by Crippen LogP contribution is 2.30. The van der Waals surface area contributed by atoms with Crippen LogP contribution >= 0.6 is 12.4 Å². The van der Waals surface area contributed by atoms with E-state index in [1.807, 2.05) is 30.3 Å². The lowest BCUT2D eigenvalue weighted by Gasteiger charge is -2.17. The average Bonchev–Trinajstić information content (AvgIpc) is 2.93. The lowest BCUT2D eigenvalue weighted by molar-refractivity contribution is 0.469. The Kier molecular flexibility index (Phi) is 5.65.